The number of nitrogens with one attached hydrogen (secondary N) is 1. The second kappa shape index (κ2) is 8.37. The number of carbonyl (C=O) groups excluding carboxylic acids is 1. The maximum atomic E-state index is 12.0. The van der Waals surface area contributed by atoms with E-state index >= 15 is 0 Å². The summed E-state index contributed by atoms with van der Waals surface area (Å²) >= 11 is 0. The molecule has 1 N–H and O–H groups in total. The van der Waals surface area contributed by atoms with Gasteiger partial charge in [0.1, 0.15) is 0 Å². The van der Waals surface area contributed by atoms with Crippen molar-refractivity contribution in [3.8, 4) is 11.5 Å². The van der Waals surface area contributed by atoms with Crippen molar-refractivity contribution in [2.75, 3.05) is 46.1 Å². The zero-order valence-corrected chi connectivity index (χ0v) is 15.3. The number of ether oxygens (including phenoxy) is 2. The van der Waals surface area contributed by atoms with Crippen molar-refractivity contribution in [2.24, 2.45) is 0 Å². The number of piperazine rings is 1. The van der Waals surface area contributed by atoms with Crippen LogP contribution in [-0.2, 0) is 6.54 Å². The Bertz CT molecular complexity index is 776. The molecule has 1 aromatic heterocycles. The molecule has 2 aliphatic rings. The van der Waals surface area contributed by atoms with Crippen LogP contribution in [0.5, 0.6) is 11.5 Å². The summed E-state index contributed by atoms with van der Waals surface area (Å²) in [4.78, 5) is 20.8. The number of rotatable bonds is 6. The van der Waals surface area contributed by atoms with Crippen LogP contribution in [0.2, 0.25) is 0 Å². The monoisotopic (exact) mass is 368 g/mol. The van der Waals surface area contributed by atoms with Crippen molar-refractivity contribution < 1.29 is 14.3 Å². The zero-order chi connectivity index (χ0) is 18.5. The molecular formula is C20H24N4O3. The number of carbonyl (C=O) groups is 1. The maximum Gasteiger partial charge on any atom is 0.251 e. The number of benzene rings is 1. The smallest absolute Gasteiger partial charge is 0.251 e. The van der Waals surface area contributed by atoms with Crippen LogP contribution >= 0.6 is 0 Å². The molecule has 0 aliphatic carbocycles. The average molecular weight is 368 g/mol. The minimum Gasteiger partial charge on any atom is -0.454 e. The second-order valence-corrected chi connectivity index (χ2v) is 6.80. The van der Waals surface area contributed by atoms with Gasteiger partial charge >= 0.3 is 0 Å². The summed E-state index contributed by atoms with van der Waals surface area (Å²) in [5.74, 6) is 1.63. The van der Waals surface area contributed by atoms with E-state index in [1.807, 2.05) is 6.07 Å². The quantitative estimate of drug-likeness (QED) is 0.831. The molecule has 142 valence electrons. The Labute approximate surface area is 158 Å². The molecule has 0 spiro atoms. The van der Waals surface area contributed by atoms with Gasteiger partial charge in [-0.15, -0.1) is 0 Å². The molecule has 0 unspecified atom stereocenters. The van der Waals surface area contributed by atoms with Gasteiger partial charge in [-0.1, -0.05) is 6.07 Å². The van der Waals surface area contributed by atoms with Gasteiger partial charge in [0.15, 0.2) is 11.5 Å². The highest BCUT2D eigenvalue weighted by Crippen LogP contribution is 2.32. The van der Waals surface area contributed by atoms with Crippen molar-refractivity contribution in [3.05, 3.63) is 53.9 Å². The fraction of sp³-hybridized carbons (Fsp3) is 0.400. The molecule has 1 fully saturated rings. The van der Waals surface area contributed by atoms with Crippen molar-refractivity contribution >= 4 is 5.91 Å². The molecule has 7 nitrogen and oxygen atoms in total. The van der Waals surface area contributed by atoms with E-state index in [1.165, 1.54) is 5.56 Å². The minimum atomic E-state index is -0.0427. The number of amides is 1. The molecule has 0 saturated carbocycles. The predicted octanol–water partition coefficient (Wildman–Crippen LogP) is 1.36. The van der Waals surface area contributed by atoms with Gasteiger partial charge in [-0.2, -0.15) is 0 Å². The number of nitrogens with zero attached hydrogens (tertiary/aromatic N) is 3. The first-order valence-corrected chi connectivity index (χ1v) is 9.29. The molecule has 1 saturated heterocycles. The molecule has 2 aliphatic heterocycles. The molecule has 1 amide bonds. The van der Waals surface area contributed by atoms with Gasteiger partial charge in [0.2, 0.25) is 6.79 Å². The fourth-order valence-electron chi connectivity index (χ4n) is 3.40. The summed E-state index contributed by atoms with van der Waals surface area (Å²) in [5, 5.41) is 2.97. The molecule has 1 aromatic carbocycles. The van der Waals surface area contributed by atoms with Crippen molar-refractivity contribution in [2.45, 2.75) is 6.54 Å². The normalized spacial score (nSPS) is 17.0. The maximum absolute atomic E-state index is 12.0. The van der Waals surface area contributed by atoms with Crippen molar-refractivity contribution in [1.29, 1.82) is 0 Å². The first kappa shape index (κ1) is 17.8. The first-order chi connectivity index (χ1) is 13.3. The Balaban J connectivity index is 1.17. The highest BCUT2D eigenvalue weighted by atomic mass is 16.7. The van der Waals surface area contributed by atoms with Crippen LogP contribution in [0.25, 0.3) is 0 Å². The number of aromatic nitrogens is 1. The van der Waals surface area contributed by atoms with Crippen LogP contribution < -0.4 is 14.8 Å². The molecular weight excluding hydrogens is 344 g/mol. The summed E-state index contributed by atoms with van der Waals surface area (Å²) in [6, 6.07) is 9.62. The lowest BCUT2D eigenvalue weighted by atomic mass is 10.1. The molecule has 3 heterocycles. The summed E-state index contributed by atoms with van der Waals surface area (Å²) in [6.07, 6.45) is 3.27. The molecule has 27 heavy (non-hydrogen) atoms. The summed E-state index contributed by atoms with van der Waals surface area (Å²) in [6.45, 7) is 6.82. The minimum absolute atomic E-state index is 0.0427. The van der Waals surface area contributed by atoms with Gasteiger partial charge < -0.3 is 14.8 Å². The number of hydrogen-bond acceptors (Lipinski definition) is 6. The van der Waals surface area contributed by atoms with Gasteiger partial charge in [-0.3, -0.25) is 19.6 Å². The molecule has 4 rings (SSSR count). The lowest BCUT2D eigenvalue weighted by Gasteiger charge is -2.34. The first-order valence-electron chi connectivity index (χ1n) is 9.29. The van der Waals surface area contributed by atoms with Crippen molar-refractivity contribution in [1.82, 2.24) is 20.1 Å². The average Bonchev–Trinajstić information content (AvgIpc) is 3.18. The van der Waals surface area contributed by atoms with Crippen LogP contribution in [0.3, 0.4) is 0 Å². The third kappa shape index (κ3) is 4.56. The summed E-state index contributed by atoms with van der Waals surface area (Å²) in [5.41, 5.74) is 1.90. The van der Waals surface area contributed by atoms with Gasteiger partial charge in [-0.05, 0) is 29.8 Å². The largest absolute Gasteiger partial charge is 0.454 e. The molecule has 0 atom stereocenters. The summed E-state index contributed by atoms with van der Waals surface area (Å²) in [7, 11) is 0. The molecule has 0 radical (unpaired) electrons. The highest BCUT2D eigenvalue weighted by molar-refractivity contribution is 5.93. The number of fused-ring (bicyclic) bond motifs is 1. The topological polar surface area (TPSA) is 66.9 Å². The van der Waals surface area contributed by atoms with Gasteiger partial charge in [0.05, 0.1) is 0 Å². The van der Waals surface area contributed by atoms with Crippen LogP contribution in [0, 0.1) is 0 Å². The molecule has 7 heteroatoms. The van der Waals surface area contributed by atoms with Crippen molar-refractivity contribution in [3.63, 3.8) is 0 Å². The Morgan fingerprint density at radius 3 is 2.56 bits per heavy atom. The van der Waals surface area contributed by atoms with E-state index in [1.54, 1.807) is 24.5 Å². The van der Waals surface area contributed by atoms with E-state index in [4.69, 9.17) is 9.47 Å². The third-order valence-electron chi connectivity index (χ3n) is 4.96. The van der Waals surface area contributed by atoms with Gasteiger partial charge in [0, 0.05) is 63.8 Å². The van der Waals surface area contributed by atoms with E-state index < -0.39 is 0 Å². The van der Waals surface area contributed by atoms with E-state index in [-0.39, 0.29) is 5.91 Å². The molecule has 2 aromatic rings. The lowest BCUT2D eigenvalue weighted by molar-refractivity contribution is 0.0934. The van der Waals surface area contributed by atoms with E-state index in [2.05, 4.69) is 32.2 Å². The van der Waals surface area contributed by atoms with Crippen LogP contribution in [0.4, 0.5) is 0 Å². The van der Waals surface area contributed by atoms with E-state index in [0.717, 1.165) is 50.8 Å². The van der Waals surface area contributed by atoms with Gasteiger partial charge in [-0.25, -0.2) is 0 Å². The highest BCUT2D eigenvalue weighted by Gasteiger charge is 2.19. The molecule has 0 bridgehead atoms. The Morgan fingerprint density at radius 2 is 1.74 bits per heavy atom. The lowest BCUT2D eigenvalue weighted by Crippen LogP contribution is -2.48. The van der Waals surface area contributed by atoms with Crippen LogP contribution in [-0.4, -0.2) is 66.8 Å². The Kier molecular flexibility index (Phi) is 5.50. The number of pyridine rings is 1. The Morgan fingerprint density at radius 1 is 1.00 bits per heavy atom. The third-order valence-corrected chi connectivity index (χ3v) is 4.96. The fourth-order valence-corrected chi connectivity index (χ4v) is 3.40. The van der Waals surface area contributed by atoms with E-state index in [9.17, 15) is 4.79 Å². The predicted molar refractivity (Wildman–Crippen MR) is 101 cm³/mol. The standard InChI is InChI=1S/C20H24N4O3/c25-20(17-3-5-21-6-4-17)22-7-8-23-9-11-24(12-10-23)14-16-1-2-18-19(13-16)27-15-26-18/h1-6,13H,7-12,14-15H2,(H,22,25). The second-order valence-electron chi connectivity index (χ2n) is 6.80. The zero-order valence-electron chi connectivity index (χ0n) is 15.3. The van der Waals surface area contributed by atoms with Crippen LogP contribution in [0.15, 0.2) is 42.7 Å². The SMILES string of the molecule is O=C(NCCN1CCN(Cc2ccc3c(c2)OCO3)CC1)c1ccncc1. The van der Waals surface area contributed by atoms with E-state index in [0.29, 0.717) is 18.9 Å². The van der Waals surface area contributed by atoms with Crippen LogP contribution in [0.1, 0.15) is 15.9 Å². The van der Waals surface area contributed by atoms with Gasteiger partial charge in [0.25, 0.3) is 5.91 Å². The number of hydrogen-bond donors (Lipinski definition) is 1. The Hall–Kier alpha value is -2.64. The summed E-state index contributed by atoms with van der Waals surface area (Å²) < 4.78 is 10.8.